The molecule has 1 aliphatic carbocycles. The molecule has 4 nitrogen and oxygen atoms in total. The molecule has 110 valence electrons. The highest BCUT2D eigenvalue weighted by Crippen LogP contribution is 2.30. The summed E-state index contributed by atoms with van der Waals surface area (Å²) in [5, 5.41) is 3.31. The van der Waals surface area contributed by atoms with Crippen molar-refractivity contribution < 1.29 is 14.3 Å². The summed E-state index contributed by atoms with van der Waals surface area (Å²) in [4.78, 5) is 12.3. The topological polar surface area (TPSA) is 47.6 Å². The number of ether oxygens (including phenoxy) is 2. The Morgan fingerprint density at radius 3 is 2.79 bits per heavy atom. The second-order valence-corrected chi connectivity index (χ2v) is 5.74. The van der Waals surface area contributed by atoms with Gasteiger partial charge in [0, 0.05) is 6.04 Å². The maximum absolute atomic E-state index is 12.3. The molecule has 2 fully saturated rings. The number of nitrogens with one attached hydrogen (secondary N) is 1. The predicted molar refractivity (Wildman–Crippen MR) is 73.9 cm³/mol. The van der Waals surface area contributed by atoms with E-state index in [1.54, 1.807) is 0 Å². The number of esters is 1. The Morgan fingerprint density at radius 2 is 2.05 bits per heavy atom. The summed E-state index contributed by atoms with van der Waals surface area (Å²) in [7, 11) is 0. The highest BCUT2D eigenvalue weighted by molar-refractivity contribution is 5.74. The van der Waals surface area contributed by atoms with Gasteiger partial charge in [0.1, 0.15) is 6.10 Å². The van der Waals surface area contributed by atoms with Crippen LogP contribution in [0.25, 0.3) is 0 Å². The molecular weight excluding hydrogens is 242 g/mol. The summed E-state index contributed by atoms with van der Waals surface area (Å²) in [5.74, 6) is 0.366. The molecule has 4 atom stereocenters. The fourth-order valence-electron chi connectivity index (χ4n) is 3.28. The summed E-state index contributed by atoms with van der Waals surface area (Å²) in [5.41, 5.74) is 0. The first-order valence-corrected chi connectivity index (χ1v) is 7.77. The van der Waals surface area contributed by atoms with E-state index in [0.717, 1.165) is 19.4 Å². The molecule has 0 amide bonds. The van der Waals surface area contributed by atoms with Crippen LogP contribution < -0.4 is 5.32 Å². The van der Waals surface area contributed by atoms with Crippen LogP contribution in [-0.4, -0.2) is 37.9 Å². The van der Waals surface area contributed by atoms with Gasteiger partial charge in [0.25, 0.3) is 0 Å². The van der Waals surface area contributed by atoms with Gasteiger partial charge in [-0.15, -0.1) is 0 Å². The molecular formula is C15H27NO3. The van der Waals surface area contributed by atoms with E-state index in [1.165, 1.54) is 19.3 Å². The minimum atomic E-state index is -0.126. The fraction of sp³-hybridized carbons (Fsp3) is 0.933. The molecule has 1 aliphatic heterocycles. The molecule has 0 aromatic rings. The molecule has 0 spiro atoms. The van der Waals surface area contributed by atoms with Crippen LogP contribution in [0.2, 0.25) is 0 Å². The van der Waals surface area contributed by atoms with E-state index in [0.29, 0.717) is 19.1 Å². The Balaban J connectivity index is 1.88. The minimum Gasteiger partial charge on any atom is -0.462 e. The fourth-order valence-corrected chi connectivity index (χ4v) is 3.28. The van der Waals surface area contributed by atoms with E-state index in [9.17, 15) is 4.79 Å². The van der Waals surface area contributed by atoms with Gasteiger partial charge in [-0.3, -0.25) is 4.79 Å². The summed E-state index contributed by atoms with van der Waals surface area (Å²) in [6.45, 7) is 6.22. The van der Waals surface area contributed by atoms with Crippen LogP contribution in [0.15, 0.2) is 0 Å². The van der Waals surface area contributed by atoms with Crippen LogP contribution in [0.5, 0.6) is 0 Å². The second kappa shape index (κ2) is 7.25. The van der Waals surface area contributed by atoms with Crippen molar-refractivity contribution in [1.82, 2.24) is 5.32 Å². The number of likely N-dealkylation sites (N-methyl/N-ethyl adjacent to an activating group) is 1. The summed E-state index contributed by atoms with van der Waals surface area (Å²) < 4.78 is 11.2. The first kappa shape index (κ1) is 14.8. The van der Waals surface area contributed by atoms with Gasteiger partial charge in [-0.25, -0.2) is 0 Å². The maximum Gasteiger partial charge on any atom is 0.313 e. The van der Waals surface area contributed by atoms with Crippen LogP contribution in [0.3, 0.4) is 0 Å². The zero-order valence-electron chi connectivity index (χ0n) is 12.2. The summed E-state index contributed by atoms with van der Waals surface area (Å²) in [6.07, 6.45) is 5.94. The molecule has 4 unspecified atom stereocenters. The number of hydrogen-bond acceptors (Lipinski definition) is 4. The van der Waals surface area contributed by atoms with Crippen LogP contribution in [0.1, 0.15) is 46.0 Å². The smallest absolute Gasteiger partial charge is 0.313 e. The molecule has 1 N–H and O–H groups in total. The highest BCUT2D eigenvalue weighted by Gasteiger charge is 2.37. The number of carbonyl (C=O) groups excluding carboxylic acids is 1. The van der Waals surface area contributed by atoms with Crippen molar-refractivity contribution in [3.8, 4) is 0 Å². The second-order valence-electron chi connectivity index (χ2n) is 5.74. The van der Waals surface area contributed by atoms with E-state index in [-0.39, 0.29) is 24.0 Å². The van der Waals surface area contributed by atoms with Crippen molar-refractivity contribution in [2.24, 2.45) is 11.8 Å². The zero-order valence-corrected chi connectivity index (χ0v) is 12.2. The quantitative estimate of drug-likeness (QED) is 0.777. The monoisotopic (exact) mass is 269 g/mol. The average Bonchev–Trinajstić information content (AvgIpc) is 2.88. The number of hydrogen-bond donors (Lipinski definition) is 1. The minimum absolute atomic E-state index is 0.0613. The average molecular weight is 269 g/mol. The van der Waals surface area contributed by atoms with E-state index in [4.69, 9.17) is 9.47 Å². The van der Waals surface area contributed by atoms with Crippen molar-refractivity contribution >= 4 is 5.97 Å². The molecule has 19 heavy (non-hydrogen) atoms. The van der Waals surface area contributed by atoms with Crippen LogP contribution in [0.4, 0.5) is 0 Å². The van der Waals surface area contributed by atoms with Gasteiger partial charge in [-0.2, -0.15) is 0 Å². The molecule has 0 bridgehead atoms. The Morgan fingerprint density at radius 1 is 1.26 bits per heavy atom. The Hall–Kier alpha value is -0.610. The summed E-state index contributed by atoms with van der Waals surface area (Å²) >= 11 is 0. The highest BCUT2D eigenvalue weighted by atomic mass is 16.6. The van der Waals surface area contributed by atoms with Gasteiger partial charge in [0.2, 0.25) is 0 Å². The molecule has 0 aromatic heterocycles. The molecule has 0 aromatic carbocycles. The normalized spacial score (nSPS) is 35.3. The van der Waals surface area contributed by atoms with Gasteiger partial charge in [-0.1, -0.05) is 20.3 Å². The Labute approximate surface area is 116 Å². The van der Waals surface area contributed by atoms with E-state index >= 15 is 0 Å². The SMILES string of the molecule is CCNC1COCC1C(=O)OC1CCCCC1CC. The van der Waals surface area contributed by atoms with Crippen LogP contribution in [-0.2, 0) is 14.3 Å². The van der Waals surface area contributed by atoms with Gasteiger partial charge in [0.05, 0.1) is 19.1 Å². The third kappa shape index (κ3) is 3.69. The van der Waals surface area contributed by atoms with Gasteiger partial charge < -0.3 is 14.8 Å². The number of rotatable bonds is 5. The predicted octanol–water partition coefficient (Wildman–Crippen LogP) is 2.12. The zero-order chi connectivity index (χ0) is 13.7. The van der Waals surface area contributed by atoms with Gasteiger partial charge in [-0.05, 0) is 38.1 Å². The van der Waals surface area contributed by atoms with Crippen molar-refractivity contribution in [3.05, 3.63) is 0 Å². The largest absolute Gasteiger partial charge is 0.462 e. The molecule has 2 rings (SSSR count). The molecule has 1 saturated carbocycles. The lowest BCUT2D eigenvalue weighted by Crippen LogP contribution is -2.42. The van der Waals surface area contributed by atoms with Crippen molar-refractivity contribution in [2.45, 2.75) is 58.1 Å². The Kier molecular flexibility index (Phi) is 5.64. The van der Waals surface area contributed by atoms with Crippen molar-refractivity contribution in [1.29, 1.82) is 0 Å². The lowest BCUT2D eigenvalue weighted by Gasteiger charge is -2.31. The molecule has 1 saturated heterocycles. The molecule has 1 heterocycles. The standard InChI is InChI=1S/C15H27NO3/c1-3-11-7-5-6-8-14(11)19-15(17)12-9-18-10-13(12)16-4-2/h11-14,16H,3-10H2,1-2H3. The molecule has 4 heteroatoms. The van der Waals surface area contributed by atoms with E-state index in [2.05, 4.69) is 19.2 Å². The first-order valence-electron chi connectivity index (χ1n) is 7.77. The lowest BCUT2D eigenvalue weighted by molar-refractivity contribution is -0.159. The lowest BCUT2D eigenvalue weighted by atomic mass is 9.84. The van der Waals surface area contributed by atoms with E-state index in [1.807, 2.05) is 0 Å². The first-order chi connectivity index (χ1) is 9.26. The third-order valence-electron chi connectivity index (χ3n) is 4.48. The van der Waals surface area contributed by atoms with Crippen molar-refractivity contribution in [2.75, 3.05) is 19.8 Å². The van der Waals surface area contributed by atoms with E-state index < -0.39 is 0 Å². The van der Waals surface area contributed by atoms with Crippen LogP contribution in [0, 0.1) is 11.8 Å². The van der Waals surface area contributed by atoms with Gasteiger partial charge >= 0.3 is 5.97 Å². The maximum atomic E-state index is 12.3. The molecule has 0 radical (unpaired) electrons. The number of carbonyl (C=O) groups is 1. The Bertz CT molecular complexity index is 295. The third-order valence-corrected chi connectivity index (χ3v) is 4.48. The summed E-state index contributed by atoms with van der Waals surface area (Å²) in [6, 6.07) is 0.126. The molecule has 2 aliphatic rings. The van der Waals surface area contributed by atoms with Gasteiger partial charge in [0.15, 0.2) is 0 Å². The van der Waals surface area contributed by atoms with Crippen molar-refractivity contribution in [3.63, 3.8) is 0 Å². The van der Waals surface area contributed by atoms with Crippen LogP contribution >= 0.6 is 0 Å².